The number of rotatable bonds is 10. The average Bonchev–Trinajstić information content (AvgIpc) is 2.77. The lowest BCUT2D eigenvalue weighted by molar-refractivity contribution is -0.119. The molecule has 2 heterocycles. The largest absolute Gasteiger partial charge is 0.490 e. The molecule has 0 amide bonds. The van der Waals surface area contributed by atoms with Gasteiger partial charge in [0.25, 0.3) is 0 Å². The van der Waals surface area contributed by atoms with Gasteiger partial charge in [-0.2, -0.15) is 0 Å². The molecule has 1 aliphatic heterocycles. The van der Waals surface area contributed by atoms with Crippen molar-refractivity contribution in [2.45, 2.75) is 38.7 Å². The quantitative estimate of drug-likeness (QED) is 0.285. The monoisotopic (exact) mass is 465 g/mol. The lowest BCUT2D eigenvalue weighted by Crippen LogP contribution is -2.64. The molecule has 2 aliphatic rings. The Morgan fingerprint density at radius 1 is 1.29 bits per heavy atom. The van der Waals surface area contributed by atoms with Gasteiger partial charge in [-0.3, -0.25) is 20.2 Å². The number of nitrogens with one attached hydrogen (secondary N) is 3. The van der Waals surface area contributed by atoms with Gasteiger partial charge in [0.2, 0.25) is 0 Å². The van der Waals surface area contributed by atoms with Crippen molar-refractivity contribution in [3.05, 3.63) is 64.2 Å². The standard InChI is InChI=1S/C26H32FN5O2/c1-18-5-6-24(21(7-8-30-2)22(18)14-33)34-20-11-26(12-20)15-31(16-26)9-3-4-19-10-25(29)32(17-28)13-23(19)27/h5-8,10,13-14,17,20,28-30H,3-4,9,11-12,15-16H2,1-2H3/b8-7-,28-17?,29-25?. The van der Waals surface area contributed by atoms with Gasteiger partial charge in [0.15, 0.2) is 6.29 Å². The van der Waals surface area contributed by atoms with Gasteiger partial charge < -0.3 is 15.0 Å². The molecule has 1 aliphatic carbocycles. The summed E-state index contributed by atoms with van der Waals surface area (Å²) in [6, 6.07) is 5.39. The van der Waals surface area contributed by atoms with Gasteiger partial charge in [-0.15, -0.1) is 0 Å². The van der Waals surface area contributed by atoms with Crippen LogP contribution >= 0.6 is 0 Å². The summed E-state index contributed by atoms with van der Waals surface area (Å²) in [7, 11) is 1.82. The Labute approximate surface area is 199 Å². The highest BCUT2D eigenvalue weighted by molar-refractivity contribution is 5.86. The van der Waals surface area contributed by atoms with E-state index in [1.807, 2.05) is 32.2 Å². The molecule has 1 saturated carbocycles. The number of ether oxygens (including phenoxy) is 1. The summed E-state index contributed by atoms with van der Waals surface area (Å²) >= 11 is 0. The van der Waals surface area contributed by atoms with E-state index in [4.69, 9.17) is 15.6 Å². The Kier molecular flexibility index (Phi) is 6.97. The molecular formula is C26H32FN5O2. The van der Waals surface area contributed by atoms with E-state index in [0.717, 1.165) is 73.0 Å². The summed E-state index contributed by atoms with van der Waals surface area (Å²) in [5.41, 5.74) is 3.37. The van der Waals surface area contributed by atoms with E-state index in [1.165, 1.54) is 12.3 Å². The Bertz CT molecular complexity index is 1160. The third-order valence-corrected chi connectivity index (χ3v) is 6.94. The second-order valence-corrected chi connectivity index (χ2v) is 9.48. The van der Waals surface area contributed by atoms with E-state index in [1.54, 1.807) is 6.20 Å². The maximum absolute atomic E-state index is 14.2. The van der Waals surface area contributed by atoms with Crippen molar-refractivity contribution in [3.63, 3.8) is 0 Å². The zero-order valence-corrected chi connectivity index (χ0v) is 19.7. The fourth-order valence-corrected chi connectivity index (χ4v) is 5.19. The minimum atomic E-state index is -0.365. The highest BCUT2D eigenvalue weighted by Crippen LogP contribution is 2.50. The predicted molar refractivity (Wildman–Crippen MR) is 130 cm³/mol. The van der Waals surface area contributed by atoms with Gasteiger partial charge in [0.05, 0.1) is 12.4 Å². The number of hydrogen-bond acceptors (Lipinski definition) is 6. The molecule has 0 unspecified atom stereocenters. The second-order valence-electron chi connectivity index (χ2n) is 9.48. The number of pyridine rings is 1. The average molecular weight is 466 g/mol. The molecule has 1 aromatic carbocycles. The van der Waals surface area contributed by atoms with Crippen LogP contribution in [0, 0.1) is 29.0 Å². The summed E-state index contributed by atoms with van der Waals surface area (Å²) in [5.74, 6) is 0.384. The van der Waals surface area contributed by atoms with Crippen molar-refractivity contribution in [2.24, 2.45) is 5.41 Å². The molecular weight excluding hydrogens is 433 g/mol. The molecule has 1 aromatic heterocycles. The fourth-order valence-electron chi connectivity index (χ4n) is 5.19. The van der Waals surface area contributed by atoms with Crippen LogP contribution in [0.4, 0.5) is 4.39 Å². The van der Waals surface area contributed by atoms with E-state index in [2.05, 4.69) is 10.2 Å². The number of halogens is 1. The van der Waals surface area contributed by atoms with Crippen LogP contribution in [0.25, 0.3) is 6.08 Å². The first-order valence-electron chi connectivity index (χ1n) is 11.7. The molecule has 2 aromatic rings. The zero-order chi connectivity index (χ0) is 24.3. The highest BCUT2D eigenvalue weighted by Gasteiger charge is 2.53. The van der Waals surface area contributed by atoms with Crippen LogP contribution in [-0.2, 0) is 6.42 Å². The number of aromatic nitrogens is 1. The van der Waals surface area contributed by atoms with Crippen LogP contribution < -0.4 is 15.5 Å². The number of carbonyl (C=O) groups is 1. The maximum atomic E-state index is 14.2. The summed E-state index contributed by atoms with van der Waals surface area (Å²) in [6.07, 6.45) is 10.3. The SMILES string of the molecule is CN/C=C\c1c(OC2CC3(C2)CN(CCCc2cc(=N)n(C=N)cc2F)C3)ccc(C)c1C=O. The number of carbonyl (C=O) groups excluding carboxylic acids is 1. The number of hydrogen-bond donors (Lipinski definition) is 3. The summed E-state index contributed by atoms with van der Waals surface area (Å²) in [6.45, 7) is 4.89. The Balaban J connectivity index is 1.26. The fraction of sp³-hybridized carbons (Fsp3) is 0.423. The first-order valence-corrected chi connectivity index (χ1v) is 11.7. The minimum Gasteiger partial charge on any atom is -0.490 e. The van der Waals surface area contributed by atoms with Crippen molar-refractivity contribution in [3.8, 4) is 5.75 Å². The number of benzene rings is 1. The van der Waals surface area contributed by atoms with Gasteiger partial charge in [-0.05, 0) is 74.7 Å². The summed E-state index contributed by atoms with van der Waals surface area (Å²) in [5, 5.41) is 18.0. The first-order chi connectivity index (χ1) is 16.4. The van der Waals surface area contributed by atoms with Crippen molar-refractivity contribution < 1.29 is 13.9 Å². The third kappa shape index (κ3) is 4.82. The van der Waals surface area contributed by atoms with Crippen LogP contribution in [0.1, 0.15) is 46.3 Å². The van der Waals surface area contributed by atoms with E-state index in [9.17, 15) is 9.18 Å². The van der Waals surface area contributed by atoms with Gasteiger partial charge in [0, 0.05) is 42.9 Å². The van der Waals surface area contributed by atoms with Crippen LogP contribution in [0.3, 0.4) is 0 Å². The molecule has 4 rings (SSSR count). The van der Waals surface area contributed by atoms with Gasteiger partial charge >= 0.3 is 0 Å². The van der Waals surface area contributed by atoms with Gasteiger partial charge in [0.1, 0.15) is 17.1 Å². The molecule has 34 heavy (non-hydrogen) atoms. The predicted octanol–water partition coefficient (Wildman–Crippen LogP) is 3.35. The van der Waals surface area contributed by atoms with E-state index >= 15 is 0 Å². The minimum absolute atomic E-state index is 0.119. The van der Waals surface area contributed by atoms with E-state index in [-0.39, 0.29) is 17.4 Å². The topological polar surface area (TPSA) is 94.2 Å². The molecule has 2 fully saturated rings. The molecule has 3 N–H and O–H groups in total. The van der Waals surface area contributed by atoms with Crippen LogP contribution in [0.2, 0.25) is 0 Å². The van der Waals surface area contributed by atoms with Crippen LogP contribution in [0.5, 0.6) is 5.75 Å². The molecule has 7 nitrogen and oxygen atoms in total. The molecule has 8 heteroatoms. The molecule has 1 spiro atoms. The molecule has 0 bridgehead atoms. The number of aryl methyl sites for hydroxylation is 2. The zero-order valence-electron chi connectivity index (χ0n) is 19.7. The third-order valence-electron chi connectivity index (χ3n) is 6.94. The van der Waals surface area contributed by atoms with Gasteiger partial charge in [-0.1, -0.05) is 6.07 Å². The Morgan fingerprint density at radius 3 is 2.74 bits per heavy atom. The van der Waals surface area contributed by atoms with E-state index in [0.29, 0.717) is 23.0 Å². The lowest BCUT2D eigenvalue weighted by atomic mass is 9.61. The summed E-state index contributed by atoms with van der Waals surface area (Å²) in [4.78, 5) is 14.0. The normalized spacial score (nSPS) is 17.4. The molecule has 0 radical (unpaired) electrons. The maximum Gasteiger partial charge on any atom is 0.151 e. The number of nitrogens with zero attached hydrogens (tertiary/aromatic N) is 2. The second kappa shape index (κ2) is 9.93. The highest BCUT2D eigenvalue weighted by atomic mass is 19.1. The molecule has 180 valence electrons. The number of aldehydes is 1. The smallest absolute Gasteiger partial charge is 0.151 e. The lowest BCUT2D eigenvalue weighted by Gasteiger charge is -2.58. The van der Waals surface area contributed by atoms with Crippen molar-refractivity contribution in [1.82, 2.24) is 14.8 Å². The Morgan fingerprint density at radius 2 is 2.06 bits per heavy atom. The van der Waals surface area contributed by atoms with Crippen molar-refractivity contribution >= 4 is 18.7 Å². The Hall–Kier alpha value is -3.26. The van der Waals surface area contributed by atoms with Crippen LogP contribution in [0.15, 0.2) is 30.6 Å². The van der Waals surface area contributed by atoms with Gasteiger partial charge in [-0.25, -0.2) is 4.39 Å². The van der Waals surface area contributed by atoms with E-state index < -0.39 is 0 Å². The van der Waals surface area contributed by atoms with Crippen LogP contribution in [-0.4, -0.2) is 54.9 Å². The van der Waals surface area contributed by atoms with Crippen molar-refractivity contribution in [2.75, 3.05) is 26.7 Å². The molecule has 1 saturated heterocycles. The molecule has 0 atom stereocenters. The summed E-state index contributed by atoms with van der Waals surface area (Å²) < 4.78 is 21.6. The first kappa shape index (κ1) is 23.9. The number of likely N-dealkylation sites (tertiary alicyclic amines) is 1. The van der Waals surface area contributed by atoms with Crippen molar-refractivity contribution in [1.29, 1.82) is 10.8 Å².